The van der Waals surface area contributed by atoms with Crippen LogP contribution in [0.15, 0.2) is 0 Å². The minimum atomic E-state index is 0.150. The molecule has 0 radical (unpaired) electrons. The lowest BCUT2D eigenvalue weighted by atomic mass is 9.82. The Morgan fingerprint density at radius 3 is 2.82 bits per heavy atom. The lowest BCUT2D eigenvalue weighted by Gasteiger charge is -2.45. The second kappa shape index (κ2) is 4.52. The van der Waals surface area contributed by atoms with Gasteiger partial charge in [0, 0.05) is 19.2 Å². The number of nitrogens with zero attached hydrogens (tertiary/aromatic N) is 1. The van der Waals surface area contributed by atoms with Gasteiger partial charge < -0.3 is 10.5 Å². The molecule has 3 rings (SSSR count). The topological polar surface area (TPSA) is 38.5 Å². The fourth-order valence-electron chi connectivity index (χ4n) is 4.49. The van der Waals surface area contributed by atoms with Gasteiger partial charge in [0.25, 0.3) is 0 Å². The molecule has 2 saturated heterocycles. The van der Waals surface area contributed by atoms with Crippen LogP contribution in [0.25, 0.3) is 0 Å². The van der Waals surface area contributed by atoms with Crippen LogP contribution in [0, 0.1) is 5.92 Å². The normalized spacial score (nSPS) is 47.3. The summed E-state index contributed by atoms with van der Waals surface area (Å²) >= 11 is 0. The average molecular weight is 238 g/mol. The molecular weight excluding hydrogens is 212 g/mol. The maximum Gasteiger partial charge on any atom is 0.0743 e. The van der Waals surface area contributed by atoms with Crippen molar-refractivity contribution in [3.63, 3.8) is 0 Å². The van der Waals surface area contributed by atoms with Crippen LogP contribution in [-0.4, -0.2) is 42.3 Å². The molecule has 1 aliphatic carbocycles. The van der Waals surface area contributed by atoms with E-state index in [9.17, 15) is 0 Å². The van der Waals surface area contributed by atoms with Gasteiger partial charge >= 0.3 is 0 Å². The van der Waals surface area contributed by atoms with E-state index >= 15 is 0 Å². The van der Waals surface area contributed by atoms with Gasteiger partial charge in [-0.3, -0.25) is 4.90 Å². The summed E-state index contributed by atoms with van der Waals surface area (Å²) in [6.45, 7) is 5.12. The zero-order chi connectivity index (χ0) is 11.9. The van der Waals surface area contributed by atoms with E-state index in [1.54, 1.807) is 0 Å². The molecule has 2 aliphatic heterocycles. The Labute approximate surface area is 105 Å². The first-order valence-corrected chi connectivity index (χ1v) is 7.36. The van der Waals surface area contributed by atoms with Crippen LogP contribution >= 0.6 is 0 Å². The summed E-state index contributed by atoms with van der Waals surface area (Å²) in [5, 5.41) is 0. The van der Waals surface area contributed by atoms with Crippen molar-refractivity contribution in [3.05, 3.63) is 0 Å². The van der Waals surface area contributed by atoms with Crippen molar-refractivity contribution in [2.24, 2.45) is 11.7 Å². The van der Waals surface area contributed by atoms with Gasteiger partial charge in [-0.25, -0.2) is 0 Å². The zero-order valence-corrected chi connectivity index (χ0v) is 11.0. The molecule has 3 nitrogen and oxygen atoms in total. The lowest BCUT2D eigenvalue weighted by Crippen LogP contribution is -2.60. The van der Waals surface area contributed by atoms with Crippen LogP contribution in [0.4, 0.5) is 0 Å². The first-order valence-electron chi connectivity index (χ1n) is 7.36. The van der Waals surface area contributed by atoms with Crippen molar-refractivity contribution in [2.75, 3.05) is 19.7 Å². The minimum Gasteiger partial charge on any atom is -0.376 e. The van der Waals surface area contributed by atoms with E-state index in [0.717, 1.165) is 31.5 Å². The van der Waals surface area contributed by atoms with Gasteiger partial charge in [0.05, 0.1) is 11.6 Å². The Morgan fingerprint density at radius 1 is 1.29 bits per heavy atom. The zero-order valence-electron chi connectivity index (χ0n) is 11.0. The first kappa shape index (κ1) is 11.9. The van der Waals surface area contributed by atoms with Gasteiger partial charge in [-0.2, -0.15) is 0 Å². The number of nitrogens with two attached hydrogens (primary N) is 1. The third-order valence-electron chi connectivity index (χ3n) is 5.60. The number of rotatable bonds is 2. The summed E-state index contributed by atoms with van der Waals surface area (Å²) in [7, 11) is 0. The Hall–Kier alpha value is -0.120. The molecule has 2 heterocycles. The van der Waals surface area contributed by atoms with Crippen molar-refractivity contribution in [3.8, 4) is 0 Å². The molecule has 3 fully saturated rings. The van der Waals surface area contributed by atoms with E-state index < -0.39 is 0 Å². The smallest absolute Gasteiger partial charge is 0.0743 e. The molecule has 1 saturated carbocycles. The summed E-state index contributed by atoms with van der Waals surface area (Å²) < 4.78 is 5.83. The number of likely N-dealkylation sites (tertiary alicyclic amines) is 1. The highest BCUT2D eigenvalue weighted by molar-refractivity contribution is 5.06. The standard InChI is InChI=1S/C14H26N2O/c1-11-14(10-15,7-9-17-11)16-8-6-12-4-2-3-5-13(12)16/h11-13H,2-10,15H2,1H3. The lowest BCUT2D eigenvalue weighted by molar-refractivity contribution is -0.00421. The van der Waals surface area contributed by atoms with Gasteiger partial charge in [0.2, 0.25) is 0 Å². The monoisotopic (exact) mass is 238 g/mol. The molecule has 17 heavy (non-hydrogen) atoms. The van der Waals surface area contributed by atoms with Gasteiger partial charge in [0.1, 0.15) is 0 Å². The number of fused-ring (bicyclic) bond motifs is 1. The number of hydrogen-bond acceptors (Lipinski definition) is 3. The van der Waals surface area contributed by atoms with E-state index in [1.807, 2.05) is 0 Å². The second-order valence-electron chi connectivity index (χ2n) is 6.16. The van der Waals surface area contributed by atoms with E-state index in [4.69, 9.17) is 10.5 Å². The quantitative estimate of drug-likeness (QED) is 0.796. The first-order chi connectivity index (χ1) is 8.28. The molecule has 2 N–H and O–H groups in total. The Bertz CT molecular complexity index is 283. The number of hydrogen-bond donors (Lipinski definition) is 1. The Morgan fingerprint density at radius 2 is 2.12 bits per heavy atom. The molecule has 3 aliphatic rings. The summed E-state index contributed by atoms with van der Waals surface area (Å²) in [6, 6.07) is 0.802. The van der Waals surface area contributed by atoms with Crippen molar-refractivity contribution < 1.29 is 4.74 Å². The fourth-order valence-corrected chi connectivity index (χ4v) is 4.49. The van der Waals surface area contributed by atoms with Crippen LogP contribution in [0.3, 0.4) is 0 Å². The summed E-state index contributed by atoms with van der Waals surface area (Å²) in [5.41, 5.74) is 6.29. The highest BCUT2D eigenvalue weighted by atomic mass is 16.5. The summed E-state index contributed by atoms with van der Waals surface area (Å²) in [5.74, 6) is 0.944. The molecule has 0 bridgehead atoms. The van der Waals surface area contributed by atoms with E-state index in [1.165, 1.54) is 38.6 Å². The predicted octanol–water partition coefficient (Wildman–Crippen LogP) is 1.76. The highest BCUT2D eigenvalue weighted by Gasteiger charge is 2.51. The molecule has 0 aromatic rings. The highest BCUT2D eigenvalue weighted by Crippen LogP contribution is 2.43. The third-order valence-corrected chi connectivity index (χ3v) is 5.60. The summed E-state index contributed by atoms with van der Waals surface area (Å²) in [6.07, 6.45) is 8.51. The minimum absolute atomic E-state index is 0.150. The van der Waals surface area contributed by atoms with Crippen LogP contribution in [0.2, 0.25) is 0 Å². The van der Waals surface area contributed by atoms with Crippen LogP contribution in [-0.2, 0) is 4.74 Å². The largest absolute Gasteiger partial charge is 0.376 e. The maximum absolute atomic E-state index is 6.14. The van der Waals surface area contributed by atoms with Crippen molar-refractivity contribution in [1.29, 1.82) is 0 Å². The molecule has 3 heteroatoms. The van der Waals surface area contributed by atoms with Crippen molar-refractivity contribution in [1.82, 2.24) is 4.90 Å². The van der Waals surface area contributed by atoms with Crippen molar-refractivity contribution >= 4 is 0 Å². The van der Waals surface area contributed by atoms with Crippen LogP contribution < -0.4 is 5.73 Å². The number of ether oxygens (including phenoxy) is 1. The molecule has 0 spiro atoms. The molecule has 98 valence electrons. The molecule has 0 aromatic carbocycles. The van der Waals surface area contributed by atoms with Gasteiger partial charge in [-0.1, -0.05) is 12.8 Å². The van der Waals surface area contributed by atoms with Crippen LogP contribution in [0.5, 0.6) is 0 Å². The Kier molecular flexibility index (Phi) is 3.18. The SMILES string of the molecule is CC1OCCC1(CN)N1CCC2CCCCC21. The molecule has 0 amide bonds. The van der Waals surface area contributed by atoms with E-state index in [2.05, 4.69) is 11.8 Å². The molecule has 4 unspecified atom stereocenters. The Balaban J connectivity index is 1.82. The third kappa shape index (κ3) is 1.74. The van der Waals surface area contributed by atoms with Crippen molar-refractivity contribution in [2.45, 2.75) is 63.1 Å². The van der Waals surface area contributed by atoms with E-state index in [0.29, 0.717) is 6.10 Å². The molecular formula is C14H26N2O. The summed E-state index contributed by atoms with van der Waals surface area (Å²) in [4.78, 5) is 2.74. The predicted molar refractivity (Wildman–Crippen MR) is 68.9 cm³/mol. The molecule has 4 atom stereocenters. The van der Waals surface area contributed by atoms with Gasteiger partial charge in [-0.15, -0.1) is 0 Å². The van der Waals surface area contributed by atoms with Gasteiger partial charge in [0.15, 0.2) is 0 Å². The molecule has 0 aromatic heterocycles. The van der Waals surface area contributed by atoms with Gasteiger partial charge in [-0.05, 0) is 45.1 Å². The second-order valence-corrected chi connectivity index (χ2v) is 6.16. The average Bonchev–Trinajstić information content (AvgIpc) is 2.93. The van der Waals surface area contributed by atoms with Crippen LogP contribution in [0.1, 0.15) is 45.4 Å². The van der Waals surface area contributed by atoms with E-state index in [-0.39, 0.29) is 5.54 Å². The maximum atomic E-state index is 6.14. The fraction of sp³-hybridized carbons (Fsp3) is 1.00.